The lowest BCUT2D eigenvalue weighted by atomic mass is 9.86. The first kappa shape index (κ1) is 16.2. The smallest absolute Gasteiger partial charge is 0.333 e. The van der Waals surface area contributed by atoms with E-state index < -0.39 is 6.04 Å². The number of nitrogens with zero attached hydrogens (tertiary/aromatic N) is 1. The molecule has 3 aliphatic rings. The van der Waals surface area contributed by atoms with Gasteiger partial charge >= 0.3 is 5.97 Å². The summed E-state index contributed by atoms with van der Waals surface area (Å²) < 4.78 is 5.97. The second-order valence-electron chi connectivity index (χ2n) is 6.97. The van der Waals surface area contributed by atoms with Crippen molar-refractivity contribution in [2.75, 3.05) is 25.0 Å². The van der Waals surface area contributed by atoms with E-state index >= 15 is 0 Å². The third kappa shape index (κ3) is 3.69. The number of hydrogen-bond donors (Lipinski definition) is 1. The van der Waals surface area contributed by atoms with Crippen molar-refractivity contribution in [2.45, 2.75) is 25.0 Å². The summed E-state index contributed by atoms with van der Waals surface area (Å²) in [6.45, 7) is 3.16. The molecular weight excluding hydrogens is 312 g/mol. The second-order valence-corrected chi connectivity index (χ2v) is 6.97. The third-order valence-electron chi connectivity index (χ3n) is 5.32. The van der Waals surface area contributed by atoms with Crippen LogP contribution in [0, 0.1) is 5.92 Å². The van der Waals surface area contributed by atoms with Gasteiger partial charge in [0.2, 0.25) is 0 Å². The maximum absolute atomic E-state index is 13.0. The minimum absolute atomic E-state index is 0.0267. The molecule has 0 saturated carbocycles. The van der Waals surface area contributed by atoms with E-state index in [0.29, 0.717) is 5.92 Å². The van der Waals surface area contributed by atoms with E-state index in [4.69, 9.17) is 4.74 Å². The Balaban J connectivity index is 1.52. The highest BCUT2D eigenvalue weighted by atomic mass is 16.5. The quantitative estimate of drug-likeness (QED) is 0.849. The molecule has 3 fully saturated rings. The maximum atomic E-state index is 13.0. The van der Waals surface area contributed by atoms with Crippen LogP contribution in [0.3, 0.4) is 0 Å². The van der Waals surface area contributed by atoms with E-state index in [1.54, 1.807) is 0 Å². The first-order valence-corrected chi connectivity index (χ1v) is 9.09. The summed E-state index contributed by atoms with van der Waals surface area (Å²) in [5, 5.41) is 3.34. The molecule has 3 saturated heterocycles. The Kier molecular flexibility index (Phi) is 4.70. The second kappa shape index (κ2) is 7.28. The lowest BCUT2D eigenvalue weighted by Crippen LogP contribution is -2.52. The van der Waals surface area contributed by atoms with Crippen molar-refractivity contribution < 1.29 is 9.53 Å². The lowest BCUT2D eigenvalue weighted by Gasteiger charge is -2.44. The Hall–Kier alpha value is -2.33. The first-order valence-electron chi connectivity index (χ1n) is 9.09. The number of anilines is 1. The number of benzene rings is 2. The van der Waals surface area contributed by atoms with Crippen LogP contribution in [0.2, 0.25) is 0 Å². The summed E-state index contributed by atoms with van der Waals surface area (Å²) in [4.78, 5) is 15.4. The largest absolute Gasteiger partial charge is 0.459 e. The van der Waals surface area contributed by atoms with Crippen LogP contribution < -0.4 is 5.32 Å². The summed E-state index contributed by atoms with van der Waals surface area (Å²) in [7, 11) is 0. The standard InChI is InChI=1S/C21H24N2O2/c24-21(25-19-15-23-13-11-16(19)12-14-23)20(17-7-3-1-4-8-17)22-18-9-5-2-6-10-18/h1-10,16,19-20,22H,11-15H2/t19?,20-/m1/s1. The Morgan fingerprint density at radius 1 is 1.00 bits per heavy atom. The van der Waals surface area contributed by atoms with Crippen molar-refractivity contribution in [2.24, 2.45) is 5.92 Å². The number of para-hydroxylation sites is 1. The summed E-state index contributed by atoms with van der Waals surface area (Å²) in [5.74, 6) is 0.330. The molecule has 4 nitrogen and oxygen atoms in total. The Bertz CT molecular complexity index is 696. The molecule has 0 amide bonds. The van der Waals surface area contributed by atoms with Crippen molar-refractivity contribution in [3.05, 3.63) is 66.2 Å². The molecule has 3 aliphatic heterocycles. The lowest BCUT2D eigenvalue weighted by molar-refractivity contribution is -0.159. The number of carbonyl (C=O) groups is 1. The highest BCUT2D eigenvalue weighted by Crippen LogP contribution is 2.31. The van der Waals surface area contributed by atoms with Gasteiger partial charge in [0.05, 0.1) is 0 Å². The monoisotopic (exact) mass is 336 g/mol. The van der Waals surface area contributed by atoms with Gasteiger partial charge in [-0.1, -0.05) is 48.5 Å². The molecule has 2 aromatic rings. The van der Waals surface area contributed by atoms with E-state index in [1.807, 2.05) is 60.7 Å². The average Bonchev–Trinajstić information content (AvgIpc) is 2.68. The van der Waals surface area contributed by atoms with Gasteiger partial charge in [-0.15, -0.1) is 0 Å². The van der Waals surface area contributed by atoms with Gasteiger partial charge in [-0.25, -0.2) is 4.79 Å². The number of ether oxygens (including phenoxy) is 1. The van der Waals surface area contributed by atoms with Crippen molar-refractivity contribution in [1.82, 2.24) is 4.90 Å². The van der Waals surface area contributed by atoms with Gasteiger partial charge in [-0.3, -0.25) is 4.90 Å². The van der Waals surface area contributed by atoms with Gasteiger partial charge in [0.15, 0.2) is 6.04 Å². The van der Waals surface area contributed by atoms with E-state index in [9.17, 15) is 4.79 Å². The third-order valence-corrected chi connectivity index (χ3v) is 5.32. The summed E-state index contributed by atoms with van der Waals surface area (Å²) in [5.41, 5.74) is 1.85. The van der Waals surface area contributed by atoms with Gasteiger partial charge in [0.1, 0.15) is 6.10 Å². The number of rotatable bonds is 5. The topological polar surface area (TPSA) is 41.6 Å². The molecule has 130 valence electrons. The van der Waals surface area contributed by atoms with Crippen LogP contribution in [0.25, 0.3) is 0 Å². The highest BCUT2D eigenvalue weighted by molar-refractivity contribution is 5.81. The number of fused-ring (bicyclic) bond motifs is 3. The molecule has 0 spiro atoms. The predicted octanol–water partition coefficient (Wildman–Crippen LogP) is 3.48. The molecule has 2 atom stereocenters. The Morgan fingerprint density at radius 3 is 2.24 bits per heavy atom. The molecular formula is C21H24N2O2. The average molecular weight is 336 g/mol. The minimum Gasteiger partial charge on any atom is -0.459 e. The van der Waals surface area contributed by atoms with Crippen LogP contribution >= 0.6 is 0 Å². The SMILES string of the molecule is O=C(OC1CN2CCC1CC2)[C@H](Nc1ccccc1)c1ccccc1. The van der Waals surface area contributed by atoms with Crippen LogP contribution in [0.4, 0.5) is 5.69 Å². The molecule has 5 rings (SSSR count). The Labute approximate surface area is 148 Å². The van der Waals surface area contributed by atoms with Crippen LogP contribution in [-0.4, -0.2) is 36.6 Å². The molecule has 1 unspecified atom stereocenters. The summed E-state index contributed by atoms with van der Waals surface area (Å²) >= 11 is 0. The molecule has 2 bridgehead atoms. The van der Waals surface area contributed by atoms with Gasteiger partial charge in [-0.05, 0) is 49.5 Å². The van der Waals surface area contributed by atoms with E-state index in [1.165, 1.54) is 0 Å². The van der Waals surface area contributed by atoms with E-state index in [0.717, 1.165) is 43.7 Å². The van der Waals surface area contributed by atoms with Gasteiger partial charge in [0.25, 0.3) is 0 Å². The highest BCUT2D eigenvalue weighted by Gasteiger charge is 2.37. The van der Waals surface area contributed by atoms with Crippen LogP contribution in [0.5, 0.6) is 0 Å². The molecule has 25 heavy (non-hydrogen) atoms. The van der Waals surface area contributed by atoms with E-state index in [-0.39, 0.29) is 12.1 Å². The zero-order valence-electron chi connectivity index (χ0n) is 14.3. The maximum Gasteiger partial charge on any atom is 0.333 e. The molecule has 1 N–H and O–H groups in total. The Morgan fingerprint density at radius 2 is 1.64 bits per heavy atom. The van der Waals surface area contributed by atoms with Crippen molar-refractivity contribution in [1.29, 1.82) is 0 Å². The fourth-order valence-corrected chi connectivity index (χ4v) is 3.89. The number of piperidine rings is 3. The fourth-order valence-electron chi connectivity index (χ4n) is 3.89. The fraction of sp³-hybridized carbons (Fsp3) is 0.381. The predicted molar refractivity (Wildman–Crippen MR) is 98.3 cm³/mol. The number of hydrogen-bond acceptors (Lipinski definition) is 4. The zero-order chi connectivity index (χ0) is 17.1. The van der Waals surface area contributed by atoms with Crippen molar-refractivity contribution in [3.63, 3.8) is 0 Å². The summed E-state index contributed by atoms with van der Waals surface area (Å²) in [6.07, 6.45) is 2.30. The zero-order valence-corrected chi connectivity index (χ0v) is 14.3. The molecule has 0 aromatic heterocycles. The normalized spacial score (nSPS) is 26.0. The minimum atomic E-state index is -0.487. The van der Waals surface area contributed by atoms with Gasteiger partial charge < -0.3 is 10.1 Å². The molecule has 3 heterocycles. The van der Waals surface area contributed by atoms with E-state index in [2.05, 4.69) is 10.2 Å². The molecule has 0 radical (unpaired) electrons. The molecule has 0 aliphatic carbocycles. The number of esters is 1. The summed E-state index contributed by atoms with van der Waals surface area (Å²) in [6, 6.07) is 19.2. The number of nitrogens with one attached hydrogen (secondary N) is 1. The first-order chi connectivity index (χ1) is 12.3. The molecule has 2 aromatic carbocycles. The molecule has 4 heteroatoms. The van der Waals surface area contributed by atoms with Gasteiger partial charge in [0, 0.05) is 12.2 Å². The van der Waals surface area contributed by atoms with Crippen LogP contribution in [0.1, 0.15) is 24.4 Å². The van der Waals surface area contributed by atoms with Crippen LogP contribution in [0.15, 0.2) is 60.7 Å². The van der Waals surface area contributed by atoms with Crippen LogP contribution in [-0.2, 0) is 9.53 Å². The van der Waals surface area contributed by atoms with Crippen molar-refractivity contribution >= 4 is 11.7 Å². The number of carbonyl (C=O) groups excluding carboxylic acids is 1. The van der Waals surface area contributed by atoms with Gasteiger partial charge in [-0.2, -0.15) is 0 Å². The van der Waals surface area contributed by atoms with Crippen molar-refractivity contribution in [3.8, 4) is 0 Å².